The molecule has 3 atom stereocenters. The highest BCUT2D eigenvalue weighted by atomic mass is 19.1. The summed E-state index contributed by atoms with van der Waals surface area (Å²) in [7, 11) is 0. The van der Waals surface area contributed by atoms with Crippen LogP contribution in [-0.4, -0.2) is 39.1 Å². The molecule has 1 N–H and O–H groups in total. The number of aryl methyl sites for hydroxylation is 1. The molecule has 1 saturated heterocycles. The minimum absolute atomic E-state index is 0.189. The van der Waals surface area contributed by atoms with Gasteiger partial charge in [0.25, 0.3) is 0 Å². The monoisotopic (exact) mass is 374 g/mol. The number of amides is 2. The minimum atomic E-state index is -1.70. The third-order valence-electron chi connectivity index (χ3n) is 4.28. The second-order valence-electron chi connectivity index (χ2n) is 6.26. The van der Waals surface area contributed by atoms with Crippen molar-refractivity contribution in [2.45, 2.75) is 38.5 Å². The van der Waals surface area contributed by atoms with Crippen molar-refractivity contribution in [3.8, 4) is 0 Å². The number of aromatic nitrogens is 1. The molecular weight excluding hydrogens is 355 g/mol. The van der Waals surface area contributed by atoms with Crippen molar-refractivity contribution in [2.75, 3.05) is 0 Å². The highest BCUT2D eigenvalue weighted by molar-refractivity contribution is 5.94. The normalized spacial score (nSPS) is 21.3. The second-order valence-corrected chi connectivity index (χ2v) is 6.26. The highest BCUT2D eigenvalue weighted by Gasteiger charge is 2.43. The topological polar surface area (TPSA) is 92.9 Å². The summed E-state index contributed by atoms with van der Waals surface area (Å²) < 4.78 is 24.4. The summed E-state index contributed by atoms with van der Waals surface area (Å²) in [5.74, 6) is -1.32. The number of oxazole rings is 1. The van der Waals surface area contributed by atoms with Crippen molar-refractivity contribution in [2.24, 2.45) is 0 Å². The maximum Gasteiger partial charge on any atom is 0.417 e. The Balaban J connectivity index is 1.68. The number of benzene rings is 1. The number of hydrogen-bond donors (Lipinski definition) is 1. The maximum atomic E-state index is 14.1. The summed E-state index contributed by atoms with van der Waals surface area (Å²) in [5.41, 5.74) is 0.941. The second kappa shape index (κ2) is 7.71. The number of cyclic esters (lactones) is 1. The molecule has 8 heteroatoms. The number of halogens is 1. The van der Waals surface area contributed by atoms with Crippen molar-refractivity contribution in [3.63, 3.8) is 0 Å². The average molecular weight is 374 g/mol. The molecule has 1 aliphatic heterocycles. The molecule has 2 heterocycles. The first-order valence-corrected chi connectivity index (χ1v) is 8.41. The molecule has 3 rings (SSSR count). The van der Waals surface area contributed by atoms with E-state index in [1.165, 1.54) is 6.26 Å². The lowest BCUT2D eigenvalue weighted by Gasteiger charge is -2.20. The molecule has 7 nitrogen and oxygen atoms in total. The van der Waals surface area contributed by atoms with Crippen molar-refractivity contribution in [1.82, 2.24) is 9.88 Å². The Morgan fingerprint density at radius 2 is 2.11 bits per heavy atom. The van der Waals surface area contributed by atoms with E-state index in [9.17, 15) is 19.1 Å². The van der Waals surface area contributed by atoms with Gasteiger partial charge >= 0.3 is 6.09 Å². The van der Waals surface area contributed by atoms with Gasteiger partial charge in [-0.15, -0.1) is 0 Å². The van der Waals surface area contributed by atoms with Crippen LogP contribution >= 0.6 is 0 Å². The Morgan fingerprint density at radius 3 is 2.74 bits per heavy atom. The van der Waals surface area contributed by atoms with Crippen molar-refractivity contribution in [3.05, 3.63) is 59.6 Å². The fourth-order valence-electron chi connectivity index (χ4n) is 2.93. The van der Waals surface area contributed by atoms with E-state index in [0.29, 0.717) is 5.89 Å². The molecule has 1 fully saturated rings. The van der Waals surface area contributed by atoms with Crippen LogP contribution in [0.4, 0.5) is 9.18 Å². The van der Waals surface area contributed by atoms with Gasteiger partial charge in [-0.1, -0.05) is 30.3 Å². The first kappa shape index (κ1) is 18.8. The standard InChI is InChI=1S/C19H19FN2O5/c1-11-18(13-6-4-3-5-7-13)27-19(25)22(11)17(24)9-16(23)15(20)8-14-10-26-12(2)21-14/h3-8,10-11,16,18,23H,9H2,1-2H3/b15-8+/t11-,16+,18-/m0/s1. The molecule has 0 saturated carbocycles. The van der Waals surface area contributed by atoms with E-state index in [-0.39, 0.29) is 5.69 Å². The lowest BCUT2D eigenvalue weighted by Crippen LogP contribution is -2.39. The summed E-state index contributed by atoms with van der Waals surface area (Å²) in [6, 6.07) is 8.44. The summed E-state index contributed by atoms with van der Waals surface area (Å²) in [4.78, 5) is 29.4. The van der Waals surface area contributed by atoms with Crippen molar-refractivity contribution >= 4 is 18.1 Å². The lowest BCUT2D eigenvalue weighted by atomic mass is 10.0. The quantitative estimate of drug-likeness (QED) is 0.864. The average Bonchev–Trinajstić information content (AvgIpc) is 3.17. The maximum absolute atomic E-state index is 14.1. The van der Waals surface area contributed by atoms with Gasteiger partial charge < -0.3 is 14.3 Å². The number of imide groups is 1. The largest absolute Gasteiger partial charge is 0.449 e. The van der Waals surface area contributed by atoms with Crippen LogP contribution in [0.15, 0.2) is 46.8 Å². The molecule has 0 aliphatic carbocycles. The Bertz CT molecular complexity index is 864. The van der Waals surface area contributed by atoms with E-state index in [0.717, 1.165) is 16.5 Å². The van der Waals surface area contributed by atoms with Crippen LogP contribution in [-0.2, 0) is 9.53 Å². The lowest BCUT2D eigenvalue weighted by molar-refractivity contribution is -0.130. The number of nitrogens with zero attached hydrogens (tertiary/aromatic N) is 2. The first-order valence-electron chi connectivity index (χ1n) is 8.41. The molecule has 0 spiro atoms. The van der Waals surface area contributed by atoms with Crippen molar-refractivity contribution in [1.29, 1.82) is 0 Å². The number of hydrogen-bond acceptors (Lipinski definition) is 6. The van der Waals surface area contributed by atoms with E-state index in [1.807, 2.05) is 6.07 Å². The molecule has 142 valence electrons. The third kappa shape index (κ3) is 4.06. The SMILES string of the molecule is Cc1nc(/C=C(/F)[C@H](O)CC(=O)N2C(=O)O[C@H](c3ccccc3)[C@@H]2C)co1. The minimum Gasteiger partial charge on any atom is -0.449 e. The van der Waals surface area contributed by atoms with Crippen LogP contribution in [0.2, 0.25) is 0 Å². The smallest absolute Gasteiger partial charge is 0.417 e. The van der Waals surface area contributed by atoms with Gasteiger partial charge in [0.2, 0.25) is 5.91 Å². The predicted octanol–water partition coefficient (Wildman–Crippen LogP) is 3.15. The fourth-order valence-corrected chi connectivity index (χ4v) is 2.93. The molecule has 0 unspecified atom stereocenters. The fraction of sp³-hybridized carbons (Fsp3) is 0.316. The Hall–Kier alpha value is -3.00. The number of ether oxygens (including phenoxy) is 1. The summed E-state index contributed by atoms with van der Waals surface area (Å²) >= 11 is 0. The summed E-state index contributed by atoms with van der Waals surface area (Å²) in [6.07, 6.45) is -1.52. The van der Waals surface area contributed by atoms with Gasteiger partial charge in [-0.25, -0.2) is 19.1 Å². The molecule has 2 amide bonds. The van der Waals surface area contributed by atoms with Crippen LogP contribution in [0.1, 0.15) is 36.6 Å². The molecule has 1 aromatic carbocycles. The third-order valence-corrected chi connectivity index (χ3v) is 4.28. The molecule has 2 aromatic rings. The molecule has 0 radical (unpaired) electrons. The van der Waals surface area contributed by atoms with Crippen LogP contribution in [0.25, 0.3) is 6.08 Å². The number of aliphatic hydroxyl groups is 1. The molecular formula is C19H19FN2O5. The van der Waals surface area contributed by atoms with Crippen molar-refractivity contribution < 1.29 is 28.2 Å². The van der Waals surface area contributed by atoms with Crippen LogP contribution in [0.3, 0.4) is 0 Å². The van der Waals surface area contributed by atoms with E-state index in [2.05, 4.69) is 4.98 Å². The molecule has 27 heavy (non-hydrogen) atoms. The Kier molecular flexibility index (Phi) is 5.36. The summed E-state index contributed by atoms with van der Waals surface area (Å²) in [6.45, 7) is 3.26. The van der Waals surface area contributed by atoms with Gasteiger partial charge in [-0.05, 0) is 12.5 Å². The Labute approximate surface area is 155 Å². The number of aliphatic hydroxyl groups excluding tert-OH is 1. The number of carbonyl (C=O) groups is 2. The van der Waals surface area contributed by atoms with E-state index >= 15 is 0 Å². The van der Waals surface area contributed by atoms with Crippen LogP contribution in [0, 0.1) is 6.92 Å². The van der Waals surface area contributed by atoms with Crippen LogP contribution < -0.4 is 0 Å². The highest BCUT2D eigenvalue weighted by Crippen LogP contribution is 2.33. The summed E-state index contributed by atoms with van der Waals surface area (Å²) in [5, 5.41) is 9.97. The van der Waals surface area contributed by atoms with Gasteiger partial charge in [0, 0.05) is 13.0 Å². The van der Waals surface area contributed by atoms with Gasteiger partial charge in [0.05, 0.1) is 12.5 Å². The van der Waals surface area contributed by atoms with E-state index < -0.39 is 42.5 Å². The predicted molar refractivity (Wildman–Crippen MR) is 92.9 cm³/mol. The number of rotatable bonds is 5. The zero-order valence-corrected chi connectivity index (χ0v) is 14.8. The first-order chi connectivity index (χ1) is 12.9. The number of carbonyl (C=O) groups excluding carboxylic acids is 2. The van der Waals surface area contributed by atoms with Crippen LogP contribution in [0.5, 0.6) is 0 Å². The molecule has 0 bridgehead atoms. The zero-order valence-electron chi connectivity index (χ0n) is 14.8. The van der Waals surface area contributed by atoms with Gasteiger partial charge in [0.1, 0.15) is 30.0 Å². The zero-order chi connectivity index (χ0) is 19.6. The van der Waals surface area contributed by atoms with E-state index in [1.54, 1.807) is 38.1 Å². The molecule has 1 aliphatic rings. The van der Waals surface area contributed by atoms with Gasteiger partial charge in [-0.3, -0.25) is 4.79 Å². The van der Waals surface area contributed by atoms with Gasteiger partial charge in [-0.2, -0.15) is 0 Å². The molecule has 1 aromatic heterocycles. The van der Waals surface area contributed by atoms with Gasteiger partial charge in [0.15, 0.2) is 5.89 Å². The Morgan fingerprint density at radius 1 is 1.41 bits per heavy atom. The van der Waals surface area contributed by atoms with E-state index in [4.69, 9.17) is 9.15 Å².